The molecule has 1 amide bonds. The van der Waals surface area contributed by atoms with Crippen molar-refractivity contribution in [3.63, 3.8) is 0 Å². The van der Waals surface area contributed by atoms with Gasteiger partial charge in [0.2, 0.25) is 0 Å². The van der Waals surface area contributed by atoms with E-state index in [0.717, 1.165) is 24.4 Å². The molecule has 1 aromatic carbocycles. The van der Waals surface area contributed by atoms with Crippen molar-refractivity contribution < 1.29 is 13.7 Å². The standard InChI is InChI=1S/C20H20ClN3O3/c21-15-7-5-14(6-8-15)19-12-16(23-27-19)20(25)22-13-17(18-4-3-11-26-18)24-9-1-2-10-24/h3-8,11-12,17H,1-2,9-10,13H2,(H,22,25). The number of rotatable bonds is 6. The van der Waals surface area contributed by atoms with E-state index in [2.05, 4.69) is 15.4 Å². The molecule has 140 valence electrons. The van der Waals surface area contributed by atoms with Crippen LogP contribution in [-0.4, -0.2) is 35.6 Å². The topological polar surface area (TPSA) is 71.5 Å². The third-order valence-electron chi connectivity index (χ3n) is 4.78. The Labute approximate surface area is 162 Å². The quantitative estimate of drug-likeness (QED) is 0.690. The Morgan fingerprint density at radius 1 is 1.22 bits per heavy atom. The van der Waals surface area contributed by atoms with Gasteiger partial charge in [0.1, 0.15) is 5.76 Å². The minimum absolute atomic E-state index is 0.0223. The number of amides is 1. The van der Waals surface area contributed by atoms with Gasteiger partial charge in [0, 0.05) is 23.2 Å². The van der Waals surface area contributed by atoms with Crippen molar-refractivity contribution in [2.45, 2.75) is 18.9 Å². The summed E-state index contributed by atoms with van der Waals surface area (Å²) in [5.74, 6) is 1.12. The van der Waals surface area contributed by atoms with Gasteiger partial charge in [-0.15, -0.1) is 0 Å². The molecule has 0 aliphatic carbocycles. The van der Waals surface area contributed by atoms with Crippen LogP contribution in [0.5, 0.6) is 0 Å². The maximum absolute atomic E-state index is 12.5. The SMILES string of the molecule is O=C(NCC(c1ccco1)N1CCCC1)c1cc(-c2ccc(Cl)cc2)on1. The molecular formula is C20H20ClN3O3. The number of likely N-dealkylation sites (tertiary alicyclic amines) is 1. The van der Waals surface area contributed by atoms with Gasteiger partial charge < -0.3 is 14.3 Å². The molecule has 0 saturated carbocycles. The lowest BCUT2D eigenvalue weighted by molar-refractivity contribution is 0.0925. The fourth-order valence-corrected chi connectivity index (χ4v) is 3.48. The van der Waals surface area contributed by atoms with Crippen molar-refractivity contribution in [3.05, 3.63) is 65.2 Å². The third-order valence-corrected chi connectivity index (χ3v) is 5.03. The molecule has 1 unspecified atom stereocenters. The first-order valence-electron chi connectivity index (χ1n) is 8.99. The summed E-state index contributed by atoms with van der Waals surface area (Å²) in [5.41, 5.74) is 1.07. The van der Waals surface area contributed by atoms with Crippen LogP contribution < -0.4 is 5.32 Å². The normalized spacial score (nSPS) is 15.7. The van der Waals surface area contributed by atoms with Crippen LogP contribution in [0.4, 0.5) is 0 Å². The summed E-state index contributed by atoms with van der Waals surface area (Å²) in [7, 11) is 0. The Balaban J connectivity index is 1.43. The van der Waals surface area contributed by atoms with Crippen molar-refractivity contribution in [1.29, 1.82) is 0 Å². The first-order valence-corrected chi connectivity index (χ1v) is 9.37. The van der Waals surface area contributed by atoms with Gasteiger partial charge in [0.05, 0.1) is 12.3 Å². The monoisotopic (exact) mass is 385 g/mol. The van der Waals surface area contributed by atoms with Crippen LogP contribution in [0.3, 0.4) is 0 Å². The molecule has 3 aromatic rings. The van der Waals surface area contributed by atoms with Crippen LogP contribution in [0, 0.1) is 0 Å². The molecule has 3 heterocycles. The fourth-order valence-electron chi connectivity index (χ4n) is 3.36. The van der Waals surface area contributed by atoms with E-state index in [1.165, 1.54) is 12.8 Å². The van der Waals surface area contributed by atoms with E-state index in [9.17, 15) is 4.79 Å². The van der Waals surface area contributed by atoms with Crippen LogP contribution in [0.1, 0.15) is 35.1 Å². The van der Waals surface area contributed by atoms with E-state index in [-0.39, 0.29) is 17.6 Å². The lowest BCUT2D eigenvalue weighted by Gasteiger charge is -2.25. The number of carbonyl (C=O) groups excluding carboxylic acids is 1. The predicted octanol–water partition coefficient (Wildman–Crippen LogP) is 4.15. The fraction of sp³-hybridized carbons (Fsp3) is 0.300. The smallest absolute Gasteiger partial charge is 0.273 e. The molecule has 0 radical (unpaired) electrons. The summed E-state index contributed by atoms with van der Waals surface area (Å²) in [6, 6.07) is 12.7. The van der Waals surface area contributed by atoms with E-state index in [1.807, 2.05) is 24.3 Å². The second kappa shape index (κ2) is 7.98. The van der Waals surface area contributed by atoms with Crippen LogP contribution in [0.25, 0.3) is 11.3 Å². The summed E-state index contributed by atoms with van der Waals surface area (Å²) in [5, 5.41) is 7.49. The van der Waals surface area contributed by atoms with E-state index in [1.54, 1.807) is 24.5 Å². The van der Waals surface area contributed by atoms with E-state index in [0.29, 0.717) is 17.3 Å². The number of benzene rings is 1. The maximum atomic E-state index is 12.5. The van der Waals surface area contributed by atoms with Crippen LogP contribution >= 0.6 is 11.6 Å². The molecule has 6 nitrogen and oxygen atoms in total. The van der Waals surface area contributed by atoms with Gasteiger partial charge in [-0.3, -0.25) is 9.69 Å². The second-order valence-electron chi connectivity index (χ2n) is 6.57. The summed E-state index contributed by atoms with van der Waals surface area (Å²) in [6.07, 6.45) is 3.99. The highest BCUT2D eigenvalue weighted by molar-refractivity contribution is 6.30. The highest BCUT2D eigenvalue weighted by Gasteiger charge is 2.26. The number of nitrogens with one attached hydrogen (secondary N) is 1. The molecule has 1 aliphatic rings. The lowest BCUT2D eigenvalue weighted by Crippen LogP contribution is -2.36. The lowest BCUT2D eigenvalue weighted by atomic mass is 10.1. The number of aromatic nitrogens is 1. The molecule has 1 aliphatic heterocycles. The molecule has 4 rings (SSSR count). The molecule has 2 aromatic heterocycles. The number of carbonyl (C=O) groups is 1. The Kier molecular flexibility index (Phi) is 5.27. The number of hydrogen-bond donors (Lipinski definition) is 1. The predicted molar refractivity (Wildman–Crippen MR) is 102 cm³/mol. The Bertz CT molecular complexity index is 884. The zero-order valence-electron chi connectivity index (χ0n) is 14.7. The van der Waals surface area contributed by atoms with Crippen molar-refractivity contribution in [1.82, 2.24) is 15.4 Å². The third kappa shape index (κ3) is 4.07. The van der Waals surface area contributed by atoms with Crippen molar-refractivity contribution >= 4 is 17.5 Å². The molecule has 1 saturated heterocycles. The van der Waals surface area contributed by atoms with Gasteiger partial charge in [-0.2, -0.15) is 0 Å². The van der Waals surface area contributed by atoms with Gasteiger partial charge in [-0.1, -0.05) is 16.8 Å². The molecule has 0 spiro atoms. The molecule has 27 heavy (non-hydrogen) atoms. The van der Waals surface area contributed by atoms with Gasteiger partial charge in [-0.05, 0) is 62.3 Å². The van der Waals surface area contributed by atoms with E-state index < -0.39 is 0 Å². The average Bonchev–Trinajstić information content (AvgIpc) is 3.44. The summed E-state index contributed by atoms with van der Waals surface area (Å²) < 4.78 is 10.9. The molecule has 1 atom stereocenters. The molecule has 1 fully saturated rings. The number of hydrogen-bond acceptors (Lipinski definition) is 5. The highest BCUT2D eigenvalue weighted by atomic mass is 35.5. The van der Waals surface area contributed by atoms with Gasteiger partial charge in [-0.25, -0.2) is 0 Å². The van der Waals surface area contributed by atoms with Crippen molar-refractivity contribution in [2.24, 2.45) is 0 Å². The minimum atomic E-state index is -0.269. The zero-order chi connectivity index (χ0) is 18.6. The number of furan rings is 1. The van der Waals surface area contributed by atoms with Crippen molar-refractivity contribution in [3.8, 4) is 11.3 Å². The highest BCUT2D eigenvalue weighted by Crippen LogP contribution is 2.25. The number of halogens is 1. The first-order chi connectivity index (χ1) is 13.2. The minimum Gasteiger partial charge on any atom is -0.468 e. The Hall–Kier alpha value is -2.57. The summed E-state index contributed by atoms with van der Waals surface area (Å²) in [4.78, 5) is 14.9. The van der Waals surface area contributed by atoms with Crippen LogP contribution in [0.15, 0.2) is 57.7 Å². The van der Waals surface area contributed by atoms with E-state index >= 15 is 0 Å². The van der Waals surface area contributed by atoms with Gasteiger partial charge in [0.25, 0.3) is 5.91 Å². The second-order valence-corrected chi connectivity index (χ2v) is 7.00. The largest absolute Gasteiger partial charge is 0.468 e. The van der Waals surface area contributed by atoms with Crippen molar-refractivity contribution in [2.75, 3.05) is 19.6 Å². The maximum Gasteiger partial charge on any atom is 0.273 e. The zero-order valence-corrected chi connectivity index (χ0v) is 15.5. The molecule has 0 bridgehead atoms. The molecular weight excluding hydrogens is 366 g/mol. The van der Waals surface area contributed by atoms with Gasteiger partial charge in [0.15, 0.2) is 11.5 Å². The van der Waals surface area contributed by atoms with E-state index in [4.69, 9.17) is 20.5 Å². The van der Waals surface area contributed by atoms with Gasteiger partial charge >= 0.3 is 0 Å². The summed E-state index contributed by atoms with van der Waals surface area (Å²) >= 11 is 5.90. The molecule has 7 heteroatoms. The Morgan fingerprint density at radius 2 is 2.00 bits per heavy atom. The molecule has 1 N–H and O–H groups in total. The van der Waals surface area contributed by atoms with Crippen LogP contribution in [0.2, 0.25) is 5.02 Å². The Morgan fingerprint density at radius 3 is 2.70 bits per heavy atom. The van der Waals surface area contributed by atoms with Crippen LogP contribution in [-0.2, 0) is 0 Å². The number of nitrogens with zero attached hydrogens (tertiary/aromatic N) is 2. The first kappa shape index (κ1) is 17.8. The average molecular weight is 386 g/mol. The summed E-state index contributed by atoms with van der Waals surface area (Å²) in [6.45, 7) is 2.47.